The van der Waals surface area contributed by atoms with E-state index in [-0.39, 0.29) is 6.03 Å². The van der Waals surface area contributed by atoms with Gasteiger partial charge in [0.15, 0.2) is 0 Å². The molecule has 0 aromatic rings. The van der Waals surface area contributed by atoms with Crippen molar-refractivity contribution in [2.75, 3.05) is 26.7 Å². The summed E-state index contributed by atoms with van der Waals surface area (Å²) in [6.07, 6.45) is 8.81. The lowest BCUT2D eigenvalue weighted by Crippen LogP contribution is -2.29. The number of carbonyl (C=O) groups excluding carboxylic acids is 1. The van der Waals surface area contributed by atoms with Gasteiger partial charge < -0.3 is 9.80 Å². The highest BCUT2D eigenvalue weighted by Crippen LogP contribution is 2.22. The molecule has 3 nitrogen and oxygen atoms in total. The third kappa shape index (κ3) is 2.52. The molecular weight excluding hydrogens is 188 g/mol. The van der Waals surface area contributed by atoms with Gasteiger partial charge in [0.05, 0.1) is 0 Å². The minimum absolute atomic E-state index is 0.183. The van der Waals surface area contributed by atoms with Crippen LogP contribution in [0.3, 0.4) is 0 Å². The van der Waals surface area contributed by atoms with Crippen LogP contribution < -0.4 is 0 Å². The number of rotatable bonds is 2. The Balaban J connectivity index is 1.84. The van der Waals surface area contributed by atoms with E-state index >= 15 is 0 Å². The molecule has 0 unspecified atom stereocenters. The van der Waals surface area contributed by atoms with Crippen molar-refractivity contribution < 1.29 is 4.79 Å². The Morgan fingerprint density at radius 2 is 1.93 bits per heavy atom. The summed E-state index contributed by atoms with van der Waals surface area (Å²) in [6, 6.07) is 0.183. The summed E-state index contributed by atoms with van der Waals surface area (Å²) in [5.74, 6) is 0. The molecule has 1 saturated carbocycles. The van der Waals surface area contributed by atoms with Crippen LogP contribution in [0.25, 0.3) is 0 Å². The average molecular weight is 208 g/mol. The van der Waals surface area contributed by atoms with Gasteiger partial charge in [0.1, 0.15) is 0 Å². The summed E-state index contributed by atoms with van der Waals surface area (Å²) in [5, 5.41) is 0. The van der Waals surface area contributed by atoms with E-state index in [9.17, 15) is 4.79 Å². The lowest BCUT2D eigenvalue weighted by atomic mass is 9.95. The minimum Gasteiger partial charge on any atom is -0.326 e. The van der Waals surface area contributed by atoms with Gasteiger partial charge in [0.2, 0.25) is 0 Å². The van der Waals surface area contributed by atoms with Crippen LogP contribution in [0.1, 0.15) is 32.1 Å². The molecule has 0 spiro atoms. The Labute approximate surface area is 91.7 Å². The van der Waals surface area contributed by atoms with Crippen LogP contribution in [0.4, 0.5) is 4.79 Å². The molecule has 2 fully saturated rings. The fraction of sp³-hybridized carbons (Fsp3) is 0.750. The zero-order valence-corrected chi connectivity index (χ0v) is 9.54. The number of nitrogens with zero attached hydrogens (tertiary/aromatic N) is 2. The molecule has 2 aliphatic rings. The highest BCUT2D eigenvalue weighted by Gasteiger charge is 2.23. The van der Waals surface area contributed by atoms with Gasteiger partial charge in [-0.2, -0.15) is 0 Å². The van der Waals surface area contributed by atoms with Crippen molar-refractivity contribution >= 4 is 6.03 Å². The second-order valence-electron chi connectivity index (χ2n) is 4.57. The average Bonchev–Trinajstić information content (AvgIpc) is 2.59. The lowest BCUT2D eigenvalue weighted by Gasteiger charge is -2.17. The van der Waals surface area contributed by atoms with E-state index in [2.05, 4.69) is 6.08 Å². The van der Waals surface area contributed by atoms with Gasteiger partial charge in [-0.25, -0.2) is 4.79 Å². The van der Waals surface area contributed by atoms with Gasteiger partial charge in [-0.05, 0) is 25.7 Å². The van der Waals surface area contributed by atoms with E-state index < -0.39 is 0 Å². The number of carbonyl (C=O) groups is 1. The molecule has 0 aromatic heterocycles. The third-order valence-corrected chi connectivity index (χ3v) is 3.40. The van der Waals surface area contributed by atoms with E-state index in [1.54, 1.807) is 10.5 Å². The van der Waals surface area contributed by atoms with Gasteiger partial charge in [0.25, 0.3) is 0 Å². The van der Waals surface area contributed by atoms with E-state index in [0.29, 0.717) is 0 Å². The number of amides is 2. The molecule has 0 radical (unpaired) electrons. The summed E-state index contributed by atoms with van der Waals surface area (Å²) in [7, 11) is 1.87. The molecule has 3 heteroatoms. The van der Waals surface area contributed by atoms with Crippen molar-refractivity contribution in [3.8, 4) is 0 Å². The molecule has 0 bridgehead atoms. The minimum atomic E-state index is 0.183. The van der Waals surface area contributed by atoms with Crippen LogP contribution in [0.2, 0.25) is 0 Å². The Morgan fingerprint density at radius 3 is 2.53 bits per heavy atom. The fourth-order valence-corrected chi connectivity index (χ4v) is 2.32. The standard InChI is InChI=1S/C12H20N2O/c1-13-9-10-14(12(13)15)8-7-11-5-3-2-4-6-11/h7H,2-6,8-10H2,1H3. The molecule has 2 amide bonds. The largest absolute Gasteiger partial charge is 0.326 e. The molecule has 1 saturated heterocycles. The van der Waals surface area contributed by atoms with Crippen LogP contribution in [-0.2, 0) is 0 Å². The first-order valence-corrected chi connectivity index (χ1v) is 5.95. The van der Waals surface area contributed by atoms with Crippen LogP contribution in [0, 0.1) is 0 Å². The summed E-state index contributed by atoms with van der Waals surface area (Å²) in [5.41, 5.74) is 1.56. The Bertz CT molecular complexity index is 265. The number of urea groups is 1. The summed E-state index contributed by atoms with van der Waals surface area (Å²) >= 11 is 0. The van der Waals surface area contributed by atoms with Crippen molar-refractivity contribution in [3.05, 3.63) is 11.6 Å². The van der Waals surface area contributed by atoms with Crippen LogP contribution in [0.15, 0.2) is 11.6 Å². The molecule has 1 heterocycles. The third-order valence-electron chi connectivity index (χ3n) is 3.40. The maximum Gasteiger partial charge on any atom is 0.320 e. The number of likely N-dealkylation sites (N-methyl/N-ethyl adjacent to an activating group) is 1. The van der Waals surface area contributed by atoms with E-state index in [4.69, 9.17) is 0 Å². The van der Waals surface area contributed by atoms with Crippen molar-refractivity contribution in [1.29, 1.82) is 0 Å². The molecule has 0 aromatic carbocycles. The highest BCUT2D eigenvalue weighted by atomic mass is 16.2. The van der Waals surface area contributed by atoms with Crippen molar-refractivity contribution in [1.82, 2.24) is 9.80 Å². The van der Waals surface area contributed by atoms with E-state index in [1.165, 1.54) is 32.1 Å². The van der Waals surface area contributed by atoms with Gasteiger partial charge in [-0.15, -0.1) is 0 Å². The molecule has 84 valence electrons. The monoisotopic (exact) mass is 208 g/mol. The predicted molar refractivity (Wildman–Crippen MR) is 60.8 cm³/mol. The molecule has 15 heavy (non-hydrogen) atoms. The first kappa shape index (κ1) is 10.5. The highest BCUT2D eigenvalue weighted by molar-refractivity contribution is 5.76. The summed E-state index contributed by atoms with van der Waals surface area (Å²) in [6.45, 7) is 2.58. The number of allylic oxidation sites excluding steroid dienone is 1. The second-order valence-corrected chi connectivity index (χ2v) is 4.57. The smallest absolute Gasteiger partial charge is 0.320 e. The zero-order valence-electron chi connectivity index (χ0n) is 9.54. The Morgan fingerprint density at radius 1 is 1.20 bits per heavy atom. The van der Waals surface area contributed by atoms with Gasteiger partial charge >= 0.3 is 6.03 Å². The summed E-state index contributed by atoms with van der Waals surface area (Å²) < 4.78 is 0. The fourth-order valence-electron chi connectivity index (χ4n) is 2.32. The molecule has 1 aliphatic carbocycles. The maximum atomic E-state index is 11.6. The van der Waals surface area contributed by atoms with E-state index in [1.807, 2.05) is 11.9 Å². The first-order chi connectivity index (χ1) is 7.27. The molecule has 0 atom stereocenters. The van der Waals surface area contributed by atoms with Gasteiger partial charge in [0, 0.05) is 26.7 Å². The second kappa shape index (κ2) is 4.69. The summed E-state index contributed by atoms with van der Waals surface area (Å²) in [4.78, 5) is 15.3. The quantitative estimate of drug-likeness (QED) is 0.638. The number of hydrogen-bond donors (Lipinski definition) is 0. The van der Waals surface area contributed by atoms with Crippen molar-refractivity contribution in [3.63, 3.8) is 0 Å². The molecule has 1 aliphatic heterocycles. The number of hydrogen-bond acceptors (Lipinski definition) is 1. The Kier molecular flexibility index (Phi) is 3.29. The molecule has 2 rings (SSSR count). The lowest BCUT2D eigenvalue weighted by molar-refractivity contribution is 0.202. The van der Waals surface area contributed by atoms with Gasteiger partial charge in [-0.3, -0.25) is 0 Å². The van der Waals surface area contributed by atoms with Crippen molar-refractivity contribution in [2.24, 2.45) is 0 Å². The van der Waals surface area contributed by atoms with Crippen LogP contribution >= 0.6 is 0 Å². The predicted octanol–water partition coefficient (Wildman–Crippen LogP) is 2.24. The molecular formula is C12H20N2O. The van der Waals surface area contributed by atoms with Crippen molar-refractivity contribution in [2.45, 2.75) is 32.1 Å². The first-order valence-electron chi connectivity index (χ1n) is 5.95. The SMILES string of the molecule is CN1CCN(CC=C2CCCCC2)C1=O. The van der Waals surface area contributed by atoms with Crippen LogP contribution in [-0.4, -0.2) is 42.5 Å². The zero-order chi connectivity index (χ0) is 10.7. The normalized spacial score (nSPS) is 22.5. The molecule has 0 N–H and O–H groups in total. The van der Waals surface area contributed by atoms with E-state index in [0.717, 1.165) is 19.6 Å². The maximum absolute atomic E-state index is 11.6. The van der Waals surface area contributed by atoms with Crippen LogP contribution in [0.5, 0.6) is 0 Å². The Hall–Kier alpha value is -0.990. The topological polar surface area (TPSA) is 23.6 Å². The van der Waals surface area contributed by atoms with Gasteiger partial charge in [-0.1, -0.05) is 18.1 Å².